The molecule has 6 heteroatoms. The molecule has 0 saturated carbocycles. The van der Waals surface area contributed by atoms with E-state index in [1.165, 1.54) is 40.4 Å². The van der Waals surface area contributed by atoms with Crippen molar-refractivity contribution < 1.29 is 9.53 Å². The summed E-state index contributed by atoms with van der Waals surface area (Å²) in [5, 5.41) is 2.11. The van der Waals surface area contributed by atoms with Crippen molar-refractivity contribution in [2.75, 3.05) is 12.9 Å². The number of aromatic nitrogens is 2. The van der Waals surface area contributed by atoms with Gasteiger partial charge in [0.05, 0.1) is 12.9 Å². The molecule has 0 N–H and O–H groups in total. The molecule has 3 aromatic rings. The molecule has 2 heterocycles. The van der Waals surface area contributed by atoms with Crippen LogP contribution in [0.25, 0.3) is 10.2 Å². The summed E-state index contributed by atoms with van der Waals surface area (Å²) in [4.78, 5) is 23.9. The number of thiophene rings is 1. The number of benzene rings is 1. The second-order valence-corrected chi connectivity index (χ2v) is 8.06. The van der Waals surface area contributed by atoms with E-state index in [4.69, 9.17) is 4.74 Å². The van der Waals surface area contributed by atoms with Crippen molar-refractivity contribution >= 4 is 39.1 Å². The SMILES string of the molecule is COc1ccc(C(=O)CSc2ncnc3sc4c(c23)CCCC4)cc1. The van der Waals surface area contributed by atoms with E-state index in [1.807, 2.05) is 24.3 Å². The van der Waals surface area contributed by atoms with Gasteiger partial charge in [-0.15, -0.1) is 11.3 Å². The summed E-state index contributed by atoms with van der Waals surface area (Å²) in [6.45, 7) is 0. The van der Waals surface area contributed by atoms with Crippen molar-refractivity contribution in [1.29, 1.82) is 0 Å². The van der Waals surface area contributed by atoms with Gasteiger partial charge in [-0.25, -0.2) is 9.97 Å². The third-order valence-electron chi connectivity index (χ3n) is 4.47. The minimum atomic E-state index is 0.100. The maximum atomic E-state index is 12.5. The fourth-order valence-electron chi connectivity index (χ4n) is 3.16. The molecule has 4 rings (SSSR count). The van der Waals surface area contributed by atoms with Gasteiger partial charge < -0.3 is 4.74 Å². The summed E-state index contributed by atoms with van der Waals surface area (Å²) in [6.07, 6.45) is 6.34. The quantitative estimate of drug-likeness (QED) is 0.374. The van der Waals surface area contributed by atoms with Crippen molar-refractivity contribution in [3.8, 4) is 5.75 Å². The predicted octanol–water partition coefficient (Wildman–Crippen LogP) is 4.55. The summed E-state index contributed by atoms with van der Waals surface area (Å²) >= 11 is 3.30. The second-order valence-electron chi connectivity index (χ2n) is 6.01. The minimum Gasteiger partial charge on any atom is -0.497 e. The van der Waals surface area contributed by atoms with Crippen molar-refractivity contribution in [2.24, 2.45) is 0 Å². The van der Waals surface area contributed by atoms with E-state index in [0.29, 0.717) is 11.3 Å². The zero-order valence-electron chi connectivity index (χ0n) is 13.9. The number of rotatable bonds is 5. The van der Waals surface area contributed by atoms with Crippen LogP contribution in [0.4, 0.5) is 0 Å². The molecule has 0 saturated heterocycles. The smallest absolute Gasteiger partial charge is 0.173 e. The van der Waals surface area contributed by atoms with E-state index in [-0.39, 0.29) is 5.78 Å². The Hall–Kier alpha value is -1.92. The minimum absolute atomic E-state index is 0.100. The lowest BCUT2D eigenvalue weighted by Crippen LogP contribution is -2.03. The van der Waals surface area contributed by atoms with Gasteiger partial charge in [-0.05, 0) is 55.5 Å². The van der Waals surface area contributed by atoms with Crippen LogP contribution in [0.1, 0.15) is 33.6 Å². The van der Waals surface area contributed by atoms with Gasteiger partial charge in [0.15, 0.2) is 5.78 Å². The normalized spacial score (nSPS) is 13.6. The Morgan fingerprint density at radius 2 is 2.00 bits per heavy atom. The number of ketones is 1. The maximum Gasteiger partial charge on any atom is 0.173 e. The molecule has 0 radical (unpaired) electrons. The van der Waals surface area contributed by atoms with E-state index < -0.39 is 0 Å². The molecule has 1 aromatic carbocycles. The number of ether oxygens (including phenoxy) is 1. The Morgan fingerprint density at radius 3 is 2.80 bits per heavy atom. The monoisotopic (exact) mass is 370 g/mol. The van der Waals surface area contributed by atoms with E-state index in [2.05, 4.69) is 9.97 Å². The standard InChI is InChI=1S/C19H18N2O2S2/c1-23-13-8-6-12(7-9-13)15(22)10-24-18-17-14-4-2-3-5-16(14)25-19(17)21-11-20-18/h6-9,11H,2-5,10H2,1H3. The van der Waals surface area contributed by atoms with Crippen LogP contribution >= 0.6 is 23.1 Å². The summed E-state index contributed by atoms with van der Waals surface area (Å²) in [6, 6.07) is 7.25. The molecule has 4 nitrogen and oxygen atoms in total. The first kappa shape index (κ1) is 16.5. The number of aryl methyl sites for hydroxylation is 2. The second kappa shape index (κ2) is 7.14. The molecule has 0 fully saturated rings. The highest BCUT2D eigenvalue weighted by molar-refractivity contribution is 8.00. The topological polar surface area (TPSA) is 52.1 Å². The van der Waals surface area contributed by atoms with Gasteiger partial charge in [-0.2, -0.15) is 0 Å². The number of nitrogens with zero attached hydrogens (tertiary/aromatic N) is 2. The molecular formula is C19H18N2O2S2. The third-order valence-corrected chi connectivity index (χ3v) is 6.66. The van der Waals surface area contributed by atoms with Crippen molar-refractivity contribution in [3.05, 3.63) is 46.6 Å². The van der Waals surface area contributed by atoms with E-state index in [1.54, 1.807) is 24.8 Å². The predicted molar refractivity (Wildman–Crippen MR) is 102 cm³/mol. The molecule has 0 amide bonds. The van der Waals surface area contributed by atoms with E-state index in [0.717, 1.165) is 28.4 Å². The van der Waals surface area contributed by atoms with Gasteiger partial charge in [0.25, 0.3) is 0 Å². The lowest BCUT2D eigenvalue weighted by molar-refractivity contribution is 0.102. The lowest BCUT2D eigenvalue weighted by Gasteiger charge is -2.11. The fraction of sp³-hybridized carbons (Fsp3) is 0.316. The summed E-state index contributed by atoms with van der Waals surface area (Å²) < 4.78 is 5.14. The zero-order chi connectivity index (χ0) is 17.2. The van der Waals surface area contributed by atoms with Gasteiger partial charge in [0.2, 0.25) is 0 Å². The zero-order valence-corrected chi connectivity index (χ0v) is 15.6. The molecule has 2 aromatic heterocycles. The fourth-order valence-corrected chi connectivity index (χ4v) is 5.38. The highest BCUT2D eigenvalue weighted by Crippen LogP contribution is 2.39. The van der Waals surface area contributed by atoms with Crippen LogP contribution in [0.2, 0.25) is 0 Å². The van der Waals surface area contributed by atoms with Gasteiger partial charge in [-0.3, -0.25) is 4.79 Å². The van der Waals surface area contributed by atoms with Gasteiger partial charge >= 0.3 is 0 Å². The largest absolute Gasteiger partial charge is 0.497 e. The van der Waals surface area contributed by atoms with Crippen LogP contribution in [-0.4, -0.2) is 28.6 Å². The highest BCUT2D eigenvalue weighted by atomic mass is 32.2. The van der Waals surface area contributed by atoms with Crippen LogP contribution in [0.15, 0.2) is 35.6 Å². The van der Waals surface area contributed by atoms with Crippen molar-refractivity contribution in [3.63, 3.8) is 0 Å². The number of fused-ring (bicyclic) bond motifs is 3. The first-order valence-corrected chi connectivity index (χ1v) is 10.1. The van der Waals surface area contributed by atoms with Crippen LogP contribution in [-0.2, 0) is 12.8 Å². The van der Waals surface area contributed by atoms with Crippen LogP contribution < -0.4 is 4.74 Å². The summed E-state index contributed by atoms with van der Waals surface area (Å²) in [5.74, 6) is 1.23. The third kappa shape index (κ3) is 3.28. The Balaban J connectivity index is 1.56. The Kier molecular flexibility index (Phi) is 4.72. The summed E-state index contributed by atoms with van der Waals surface area (Å²) in [7, 11) is 1.62. The first-order valence-electron chi connectivity index (χ1n) is 8.31. The average molecular weight is 370 g/mol. The molecule has 128 valence electrons. The highest BCUT2D eigenvalue weighted by Gasteiger charge is 2.20. The van der Waals surface area contributed by atoms with Crippen molar-refractivity contribution in [2.45, 2.75) is 30.7 Å². The molecule has 25 heavy (non-hydrogen) atoms. The van der Waals surface area contributed by atoms with Crippen LogP contribution in [0.5, 0.6) is 5.75 Å². The molecule has 0 spiro atoms. The number of methoxy groups -OCH3 is 1. The molecule has 1 aliphatic rings. The van der Waals surface area contributed by atoms with Gasteiger partial charge in [-0.1, -0.05) is 11.8 Å². The number of hydrogen-bond donors (Lipinski definition) is 0. The number of carbonyl (C=O) groups excluding carboxylic acids is 1. The molecule has 0 aliphatic heterocycles. The first-order chi connectivity index (χ1) is 12.3. The molecule has 0 unspecified atom stereocenters. The number of thioether (sulfide) groups is 1. The van der Waals surface area contributed by atoms with Gasteiger partial charge in [0.1, 0.15) is 21.9 Å². The number of hydrogen-bond acceptors (Lipinski definition) is 6. The molecule has 0 atom stereocenters. The van der Waals surface area contributed by atoms with Gasteiger partial charge in [0, 0.05) is 15.8 Å². The lowest BCUT2D eigenvalue weighted by atomic mass is 9.97. The molecular weight excluding hydrogens is 352 g/mol. The number of carbonyl (C=O) groups is 1. The Labute approximate surface area is 154 Å². The Morgan fingerprint density at radius 1 is 1.20 bits per heavy atom. The van der Waals surface area contributed by atoms with E-state index >= 15 is 0 Å². The van der Waals surface area contributed by atoms with E-state index in [9.17, 15) is 4.79 Å². The Bertz CT molecular complexity index is 919. The molecule has 1 aliphatic carbocycles. The summed E-state index contributed by atoms with van der Waals surface area (Å²) in [5.41, 5.74) is 2.11. The van der Waals surface area contributed by atoms with Crippen LogP contribution in [0, 0.1) is 0 Å². The van der Waals surface area contributed by atoms with Crippen LogP contribution in [0.3, 0.4) is 0 Å². The average Bonchev–Trinajstić information content (AvgIpc) is 3.05. The van der Waals surface area contributed by atoms with Crippen molar-refractivity contribution in [1.82, 2.24) is 9.97 Å². The number of Topliss-reactive ketones (excluding diaryl/α,β-unsaturated/α-hetero) is 1. The maximum absolute atomic E-state index is 12.5. The molecule has 0 bridgehead atoms.